The van der Waals surface area contributed by atoms with Crippen molar-refractivity contribution in [3.63, 3.8) is 0 Å². The number of amides is 3. The highest BCUT2D eigenvalue weighted by molar-refractivity contribution is 5.89. The van der Waals surface area contributed by atoms with E-state index in [1.54, 1.807) is 31.4 Å². The summed E-state index contributed by atoms with van der Waals surface area (Å²) in [4.78, 5) is 26.7. The van der Waals surface area contributed by atoms with Crippen LogP contribution in [-0.4, -0.2) is 67.0 Å². The first-order chi connectivity index (χ1) is 14.1. The van der Waals surface area contributed by atoms with E-state index >= 15 is 0 Å². The van der Waals surface area contributed by atoms with Crippen molar-refractivity contribution in [2.45, 2.75) is 56.8 Å². The fraction of sp³-hybridized carbons (Fsp3) is 0.619. The first-order valence-electron chi connectivity index (χ1n) is 10.3. The number of carbonyl (C=O) groups excluding carboxylic acids is 2. The van der Waals surface area contributed by atoms with Gasteiger partial charge in [0.1, 0.15) is 11.9 Å². The Kier molecular flexibility index (Phi) is 7.71. The van der Waals surface area contributed by atoms with Gasteiger partial charge < -0.3 is 30.1 Å². The van der Waals surface area contributed by atoms with Crippen molar-refractivity contribution in [3.8, 4) is 5.75 Å². The summed E-state index contributed by atoms with van der Waals surface area (Å²) in [6.45, 7) is 1.44. The second-order valence-corrected chi connectivity index (χ2v) is 7.64. The average Bonchev–Trinajstić information content (AvgIpc) is 2.75. The molecule has 0 aromatic heterocycles. The molecule has 29 heavy (non-hydrogen) atoms. The van der Waals surface area contributed by atoms with Gasteiger partial charge in [0.25, 0.3) is 0 Å². The maximum Gasteiger partial charge on any atom is 0.319 e. The van der Waals surface area contributed by atoms with E-state index in [1.165, 1.54) is 6.42 Å². The number of aliphatic hydroxyl groups is 1. The number of ether oxygens (including phenoxy) is 2. The normalized spacial score (nSPS) is 24.6. The van der Waals surface area contributed by atoms with Gasteiger partial charge in [0.2, 0.25) is 5.91 Å². The lowest BCUT2D eigenvalue weighted by atomic mass is 9.96. The van der Waals surface area contributed by atoms with Gasteiger partial charge in [-0.25, -0.2) is 4.79 Å². The Balaban J connectivity index is 1.48. The van der Waals surface area contributed by atoms with E-state index in [4.69, 9.17) is 9.47 Å². The standard InChI is InChI=1S/C21H31N3O5/c1-28-16-7-5-6-15(12-16)22-21(27)23-18-9-8-17(29-19(18)14-25)13-20(26)24-10-3-2-4-11-24/h5-7,12,17-19,25H,2-4,8-11,13-14H2,1H3,(H2,22,23,27)/t17-,18-,19-/m1/s1. The molecule has 160 valence electrons. The van der Waals surface area contributed by atoms with E-state index in [1.807, 2.05) is 4.90 Å². The van der Waals surface area contributed by atoms with Crippen LogP contribution in [-0.2, 0) is 9.53 Å². The molecule has 0 saturated carbocycles. The van der Waals surface area contributed by atoms with Crippen molar-refractivity contribution in [3.05, 3.63) is 24.3 Å². The Labute approximate surface area is 171 Å². The van der Waals surface area contributed by atoms with Crippen molar-refractivity contribution in [1.82, 2.24) is 10.2 Å². The fourth-order valence-corrected chi connectivity index (χ4v) is 3.95. The Morgan fingerprint density at radius 3 is 2.76 bits per heavy atom. The molecule has 1 aromatic carbocycles. The SMILES string of the molecule is COc1cccc(NC(=O)N[C@@H]2CC[C@H](CC(=O)N3CCCCC3)O[C@@H]2CO)c1. The smallest absolute Gasteiger partial charge is 0.319 e. The van der Waals surface area contributed by atoms with Crippen LogP contribution in [0.15, 0.2) is 24.3 Å². The van der Waals surface area contributed by atoms with E-state index < -0.39 is 6.10 Å². The summed E-state index contributed by atoms with van der Waals surface area (Å²) in [5, 5.41) is 15.4. The molecule has 3 amide bonds. The monoisotopic (exact) mass is 405 g/mol. The van der Waals surface area contributed by atoms with Crippen molar-refractivity contribution in [2.75, 3.05) is 32.1 Å². The molecule has 0 spiro atoms. The number of nitrogens with one attached hydrogen (secondary N) is 2. The third-order valence-corrected chi connectivity index (χ3v) is 5.55. The summed E-state index contributed by atoms with van der Waals surface area (Å²) in [6.07, 6.45) is 4.20. The molecule has 2 aliphatic rings. The van der Waals surface area contributed by atoms with Crippen LogP contribution in [0, 0.1) is 0 Å². The molecule has 2 fully saturated rings. The highest BCUT2D eigenvalue weighted by Gasteiger charge is 2.33. The zero-order valence-corrected chi connectivity index (χ0v) is 16.9. The van der Waals surface area contributed by atoms with Gasteiger partial charge in [-0.3, -0.25) is 4.79 Å². The van der Waals surface area contributed by atoms with Crippen LogP contribution in [0.25, 0.3) is 0 Å². The summed E-state index contributed by atoms with van der Waals surface area (Å²) in [5.41, 5.74) is 0.615. The number of likely N-dealkylation sites (tertiary alicyclic amines) is 1. The third kappa shape index (κ3) is 6.08. The van der Waals surface area contributed by atoms with Crippen LogP contribution in [0.1, 0.15) is 38.5 Å². The predicted molar refractivity (Wildman–Crippen MR) is 109 cm³/mol. The molecule has 3 rings (SSSR count). The molecule has 8 heteroatoms. The van der Waals surface area contributed by atoms with Gasteiger partial charge in [0.15, 0.2) is 0 Å². The molecule has 3 atom stereocenters. The fourth-order valence-electron chi connectivity index (χ4n) is 3.95. The van der Waals surface area contributed by atoms with Gasteiger partial charge >= 0.3 is 6.03 Å². The van der Waals surface area contributed by atoms with E-state index in [0.29, 0.717) is 30.7 Å². The molecule has 2 aliphatic heterocycles. The number of benzene rings is 1. The maximum atomic E-state index is 12.5. The van der Waals surface area contributed by atoms with Gasteiger partial charge in [-0.05, 0) is 44.2 Å². The lowest BCUT2D eigenvalue weighted by molar-refractivity contribution is -0.141. The molecule has 2 saturated heterocycles. The summed E-state index contributed by atoms with van der Waals surface area (Å²) < 4.78 is 11.1. The highest BCUT2D eigenvalue weighted by atomic mass is 16.5. The summed E-state index contributed by atoms with van der Waals surface area (Å²) in [5.74, 6) is 0.770. The van der Waals surface area contributed by atoms with Crippen LogP contribution in [0.3, 0.4) is 0 Å². The average molecular weight is 405 g/mol. The van der Waals surface area contributed by atoms with Gasteiger partial charge in [-0.15, -0.1) is 0 Å². The summed E-state index contributed by atoms with van der Waals surface area (Å²) in [6, 6.07) is 6.40. The minimum Gasteiger partial charge on any atom is -0.497 e. The molecular weight excluding hydrogens is 374 g/mol. The maximum absolute atomic E-state index is 12.5. The number of rotatable bonds is 6. The number of piperidine rings is 1. The minimum absolute atomic E-state index is 0.119. The van der Waals surface area contributed by atoms with Crippen molar-refractivity contribution in [1.29, 1.82) is 0 Å². The lowest BCUT2D eigenvalue weighted by Crippen LogP contribution is -2.52. The van der Waals surface area contributed by atoms with Gasteiger partial charge in [-0.1, -0.05) is 6.07 Å². The number of hydrogen-bond acceptors (Lipinski definition) is 5. The Hall–Kier alpha value is -2.32. The molecule has 8 nitrogen and oxygen atoms in total. The molecule has 0 aliphatic carbocycles. The minimum atomic E-state index is -0.529. The van der Waals surface area contributed by atoms with Crippen LogP contribution in [0.4, 0.5) is 10.5 Å². The zero-order chi connectivity index (χ0) is 20.6. The Morgan fingerprint density at radius 2 is 2.03 bits per heavy atom. The number of carbonyl (C=O) groups is 2. The molecular formula is C21H31N3O5. The molecule has 1 aromatic rings. The van der Waals surface area contributed by atoms with E-state index in [2.05, 4.69) is 10.6 Å². The first kappa shape index (κ1) is 21.4. The van der Waals surface area contributed by atoms with Gasteiger partial charge in [-0.2, -0.15) is 0 Å². The predicted octanol–water partition coefficient (Wildman–Crippen LogP) is 2.13. The second-order valence-electron chi connectivity index (χ2n) is 7.64. The van der Waals surface area contributed by atoms with Crippen molar-refractivity contribution < 1.29 is 24.2 Å². The highest BCUT2D eigenvalue weighted by Crippen LogP contribution is 2.24. The number of methoxy groups -OCH3 is 1. The van der Waals surface area contributed by atoms with Crippen LogP contribution in [0.5, 0.6) is 5.75 Å². The molecule has 0 radical (unpaired) electrons. The van der Waals surface area contributed by atoms with Gasteiger partial charge in [0.05, 0.1) is 32.3 Å². The number of urea groups is 1. The first-order valence-corrected chi connectivity index (χ1v) is 10.3. The molecule has 0 unspecified atom stereocenters. The van der Waals surface area contributed by atoms with E-state index in [-0.39, 0.29) is 30.7 Å². The quantitative estimate of drug-likeness (QED) is 0.673. The number of anilines is 1. The van der Waals surface area contributed by atoms with Crippen LogP contribution in [0.2, 0.25) is 0 Å². The molecule has 0 bridgehead atoms. The number of aliphatic hydroxyl groups excluding tert-OH is 1. The third-order valence-electron chi connectivity index (χ3n) is 5.55. The summed E-state index contributed by atoms with van der Waals surface area (Å²) >= 11 is 0. The molecule has 2 heterocycles. The van der Waals surface area contributed by atoms with Crippen molar-refractivity contribution in [2.24, 2.45) is 0 Å². The van der Waals surface area contributed by atoms with Crippen LogP contribution >= 0.6 is 0 Å². The Bertz CT molecular complexity index is 693. The number of hydrogen-bond donors (Lipinski definition) is 3. The summed E-state index contributed by atoms with van der Waals surface area (Å²) in [7, 11) is 1.57. The zero-order valence-electron chi connectivity index (χ0n) is 16.9. The second kappa shape index (κ2) is 10.5. The number of nitrogens with zero attached hydrogens (tertiary/aromatic N) is 1. The molecule has 3 N–H and O–H groups in total. The van der Waals surface area contributed by atoms with Gasteiger partial charge in [0, 0.05) is 24.8 Å². The topological polar surface area (TPSA) is 100 Å². The van der Waals surface area contributed by atoms with E-state index in [9.17, 15) is 14.7 Å². The van der Waals surface area contributed by atoms with Crippen LogP contribution < -0.4 is 15.4 Å². The largest absolute Gasteiger partial charge is 0.497 e. The van der Waals surface area contributed by atoms with E-state index in [0.717, 1.165) is 25.9 Å². The van der Waals surface area contributed by atoms with Crippen molar-refractivity contribution >= 4 is 17.6 Å². The lowest BCUT2D eigenvalue weighted by Gasteiger charge is -2.37. The Morgan fingerprint density at radius 1 is 1.24 bits per heavy atom.